The fourth-order valence-corrected chi connectivity index (χ4v) is 9.82. The monoisotopic (exact) mass is 745 g/mol. The van der Waals surface area contributed by atoms with Crippen LogP contribution in [-0.2, 0) is 0 Å². The van der Waals surface area contributed by atoms with Gasteiger partial charge in [-0.25, -0.2) is 4.98 Å². The summed E-state index contributed by atoms with van der Waals surface area (Å²) < 4.78 is 7.29. The number of rotatable bonds is 5. The van der Waals surface area contributed by atoms with Crippen LogP contribution in [-0.4, -0.2) is 24.1 Å². The Labute approximate surface area is 331 Å². The van der Waals surface area contributed by atoms with E-state index in [0.717, 1.165) is 49.7 Å². The van der Waals surface area contributed by atoms with Crippen molar-refractivity contribution in [2.45, 2.75) is 0 Å². The molecule has 0 spiro atoms. The van der Waals surface area contributed by atoms with Crippen molar-refractivity contribution >= 4 is 75.1 Å². The summed E-state index contributed by atoms with van der Waals surface area (Å²) in [6.07, 6.45) is 0. The number of fused-ring (bicyclic) bond motifs is 10. The molecule has 0 aliphatic carbocycles. The zero-order valence-corrected chi connectivity index (χ0v) is 31.4. The standard InChI is InChI=1S/C51H31N5S/c1-4-16-32(17-5-1)35-30-41-38-24-12-15-27-45(38)57-48(41)44(31-35)55-42-25-13-10-22-36(42)39-28-29-40-37-23-11-14-26-43(37)56(47(40)46(39)55)51-53-49(33-18-6-2-7-19-33)52-50(54-51)34-20-8-3-9-21-34/h1-31H. The molecule has 0 radical (unpaired) electrons. The Morgan fingerprint density at radius 3 is 1.46 bits per heavy atom. The molecule has 0 fully saturated rings. The minimum atomic E-state index is 0.572. The largest absolute Gasteiger partial charge is 0.306 e. The summed E-state index contributed by atoms with van der Waals surface area (Å²) >= 11 is 1.86. The van der Waals surface area contributed by atoms with E-state index in [1.807, 2.05) is 47.7 Å². The average molecular weight is 746 g/mol. The fourth-order valence-electron chi connectivity index (χ4n) is 8.63. The van der Waals surface area contributed by atoms with Crippen molar-refractivity contribution in [3.05, 3.63) is 188 Å². The van der Waals surface area contributed by atoms with Gasteiger partial charge in [-0.05, 0) is 41.5 Å². The van der Waals surface area contributed by atoms with Gasteiger partial charge in [-0.2, -0.15) is 9.97 Å². The molecule has 6 heteroatoms. The van der Waals surface area contributed by atoms with Crippen LogP contribution in [0.25, 0.3) is 109 Å². The first-order chi connectivity index (χ1) is 28.3. The summed E-state index contributed by atoms with van der Waals surface area (Å²) in [5.41, 5.74) is 9.71. The normalized spacial score (nSPS) is 11.9. The lowest BCUT2D eigenvalue weighted by Crippen LogP contribution is -2.07. The lowest BCUT2D eigenvalue weighted by atomic mass is 10.0. The van der Waals surface area contributed by atoms with Crippen LogP contribution >= 0.6 is 11.3 Å². The first-order valence-corrected chi connectivity index (χ1v) is 19.9. The summed E-state index contributed by atoms with van der Waals surface area (Å²) in [6, 6.07) is 66.7. The second-order valence-corrected chi connectivity index (χ2v) is 15.5. The number of nitrogens with zero attached hydrogens (tertiary/aromatic N) is 5. The number of thiophene rings is 1. The van der Waals surface area contributed by atoms with Crippen LogP contribution < -0.4 is 0 Å². The molecule has 12 rings (SSSR count). The first kappa shape index (κ1) is 31.9. The summed E-state index contributed by atoms with van der Waals surface area (Å²) in [7, 11) is 0. The third kappa shape index (κ3) is 4.91. The van der Waals surface area contributed by atoms with Crippen LogP contribution in [0.4, 0.5) is 0 Å². The van der Waals surface area contributed by atoms with Gasteiger partial charge in [0.1, 0.15) is 0 Å². The molecule has 0 aliphatic heterocycles. The molecule has 0 saturated heterocycles. The van der Waals surface area contributed by atoms with Crippen molar-refractivity contribution in [2.75, 3.05) is 0 Å². The Hall–Kier alpha value is -7.41. The number of aromatic nitrogens is 5. The van der Waals surface area contributed by atoms with Gasteiger partial charge in [0.2, 0.25) is 5.95 Å². The highest BCUT2D eigenvalue weighted by Crippen LogP contribution is 2.46. The van der Waals surface area contributed by atoms with Gasteiger partial charge >= 0.3 is 0 Å². The summed E-state index contributed by atoms with van der Waals surface area (Å²) in [5.74, 6) is 1.82. The van der Waals surface area contributed by atoms with Crippen LogP contribution in [0.2, 0.25) is 0 Å². The van der Waals surface area contributed by atoms with Crippen molar-refractivity contribution < 1.29 is 0 Å². The maximum atomic E-state index is 5.30. The zero-order valence-electron chi connectivity index (χ0n) is 30.5. The highest BCUT2D eigenvalue weighted by molar-refractivity contribution is 7.26. The molecule has 4 heterocycles. The van der Waals surface area contributed by atoms with Crippen LogP contribution in [0.3, 0.4) is 0 Å². The molecule has 0 N–H and O–H groups in total. The highest BCUT2D eigenvalue weighted by atomic mass is 32.1. The molecular formula is C51H31N5S. The average Bonchev–Trinajstić information content (AvgIpc) is 3.95. The highest BCUT2D eigenvalue weighted by Gasteiger charge is 2.25. The quantitative estimate of drug-likeness (QED) is 0.176. The summed E-state index contributed by atoms with van der Waals surface area (Å²) in [6.45, 7) is 0. The van der Waals surface area contributed by atoms with E-state index in [2.05, 4.69) is 161 Å². The smallest absolute Gasteiger partial charge is 0.238 e. The molecule has 0 bridgehead atoms. The Morgan fingerprint density at radius 1 is 0.351 bits per heavy atom. The third-order valence-corrected chi connectivity index (χ3v) is 12.4. The number of benzene rings is 8. The molecular weight excluding hydrogens is 715 g/mol. The van der Waals surface area contributed by atoms with E-state index in [1.165, 1.54) is 42.1 Å². The van der Waals surface area contributed by atoms with E-state index in [-0.39, 0.29) is 0 Å². The number of hydrogen-bond acceptors (Lipinski definition) is 4. The molecule has 5 nitrogen and oxygen atoms in total. The Balaban J connectivity index is 1.27. The predicted molar refractivity (Wildman–Crippen MR) is 238 cm³/mol. The van der Waals surface area contributed by atoms with E-state index in [0.29, 0.717) is 17.6 Å². The topological polar surface area (TPSA) is 48.5 Å². The first-order valence-electron chi connectivity index (χ1n) is 19.1. The molecule has 0 unspecified atom stereocenters. The fraction of sp³-hybridized carbons (Fsp3) is 0. The molecule has 57 heavy (non-hydrogen) atoms. The lowest BCUT2D eigenvalue weighted by Gasteiger charge is -2.15. The molecule has 12 aromatic rings. The van der Waals surface area contributed by atoms with E-state index in [4.69, 9.17) is 15.0 Å². The molecule has 4 aromatic heterocycles. The predicted octanol–water partition coefficient (Wildman–Crippen LogP) is 13.4. The Kier molecular flexibility index (Phi) is 7.03. The number of para-hydroxylation sites is 2. The van der Waals surface area contributed by atoms with Crippen molar-refractivity contribution in [2.24, 2.45) is 0 Å². The van der Waals surface area contributed by atoms with Gasteiger partial charge in [-0.15, -0.1) is 11.3 Å². The van der Waals surface area contributed by atoms with E-state index in [1.54, 1.807) is 0 Å². The van der Waals surface area contributed by atoms with Gasteiger partial charge in [0, 0.05) is 48.1 Å². The molecule has 0 amide bonds. The number of hydrogen-bond donors (Lipinski definition) is 0. The van der Waals surface area contributed by atoms with Gasteiger partial charge in [0.25, 0.3) is 0 Å². The molecule has 0 atom stereocenters. The second kappa shape index (κ2) is 12.6. The van der Waals surface area contributed by atoms with Gasteiger partial charge in [-0.3, -0.25) is 4.57 Å². The Morgan fingerprint density at radius 2 is 0.842 bits per heavy atom. The molecule has 0 saturated carbocycles. The van der Waals surface area contributed by atoms with E-state index in [9.17, 15) is 0 Å². The van der Waals surface area contributed by atoms with E-state index >= 15 is 0 Å². The molecule has 0 aliphatic rings. The van der Waals surface area contributed by atoms with Crippen molar-refractivity contribution in [1.29, 1.82) is 0 Å². The van der Waals surface area contributed by atoms with E-state index < -0.39 is 0 Å². The van der Waals surface area contributed by atoms with Gasteiger partial charge in [-0.1, -0.05) is 158 Å². The zero-order chi connectivity index (χ0) is 37.5. The third-order valence-electron chi connectivity index (χ3n) is 11.2. The minimum absolute atomic E-state index is 0.572. The van der Waals surface area contributed by atoms with Gasteiger partial charge < -0.3 is 4.57 Å². The van der Waals surface area contributed by atoms with Crippen molar-refractivity contribution in [3.8, 4) is 45.5 Å². The van der Waals surface area contributed by atoms with Crippen LogP contribution in [0, 0.1) is 0 Å². The summed E-state index contributed by atoms with van der Waals surface area (Å²) in [4.78, 5) is 15.7. The van der Waals surface area contributed by atoms with Crippen LogP contribution in [0.5, 0.6) is 0 Å². The van der Waals surface area contributed by atoms with Crippen LogP contribution in [0.1, 0.15) is 0 Å². The molecule has 266 valence electrons. The Bertz CT molecular complexity index is 3450. The second-order valence-electron chi connectivity index (χ2n) is 14.4. The van der Waals surface area contributed by atoms with Crippen LogP contribution in [0.15, 0.2) is 188 Å². The summed E-state index contributed by atoms with van der Waals surface area (Å²) in [5, 5.41) is 7.15. The SMILES string of the molecule is c1ccc(-c2cc(-n3c4ccccc4c4ccc5c6ccccc6n(-c6nc(-c7ccccc7)nc(-c7ccccc7)n6)c5c43)c3sc4ccccc4c3c2)cc1. The maximum Gasteiger partial charge on any atom is 0.238 e. The lowest BCUT2D eigenvalue weighted by molar-refractivity contribution is 0.953. The van der Waals surface area contributed by atoms with Gasteiger partial charge in [0.05, 0.1) is 32.5 Å². The molecule has 8 aromatic carbocycles. The maximum absolute atomic E-state index is 5.30. The van der Waals surface area contributed by atoms with Gasteiger partial charge in [0.15, 0.2) is 11.6 Å². The van der Waals surface area contributed by atoms with Crippen molar-refractivity contribution in [1.82, 2.24) is 24.1 Å². The minimum Gasteiger partial charge on any atom is -0.306 e. The van der Waals surface area contributed by atoms with Crippen molar-refractivity contribution in [3.63, 3.8) is 0 Å².